The number of aromatic nitrogens is 2. The van der Waals surface area contributed by atoms with Gasteiger partial charge >= 0.3 is 5.69 Å². The summed E-state index contributed by atoms with van der Waals surface area (Å²) >= 11 is 0. The molecule has 0 aliphatic heterocycles. The Kier molecular flexibility index (Phi) is 3.82. The van der Waals surface area contributed by atoms with Gasteiger partial charge in [0.25, 0.3) is 5.88 Å². The van der Waals surface area contributed by atoms with Crippen LogP contribution in [-0.2, 0) is 0 Å². The fraction of sp³-hybridized carbons (Fsp3) is 0.667. The number of ether oxygens (including phenoxy) is 1. The summed E-state index contributed by atoms with van der Waals surface area (Å²) in [7, 11) is 0. The average molecular weight is 266 g/mol. The number of nitrogens with two attached hydrogens (primary N) is 1. The van der Waals surface area contributed by atoms with Crippen molar-refractivity contribution in [2.24, 2.45) is 11.8 Å². The molecule has 0 spiro atoms. The predicted octanol–water partition coefficient (Wildman–Crippen LogP) is 2.17. The van der Waals surface area contributed by atoms with Crippen LogP contribution in [0.3, 0.4) is 0 Å². The van der Waals surface area contributed by atoms with Crippen molar-refractivity contribution in [2.45, 2.75) is 39.2 Å². The number of hydrogen-bond acceptors (Lipinski definition) is 6. The highest BCUT2D eigenvalue weighted by molar-refractivity contribution is 5.57. The summed E-state index contributed by atoms with van der Waals surface area (Å²) in [5.41, 5.74) is 5.17. The van der Waals surface area contributed by atoms with E-state index in [2.05, 4.69) is 23.8 Å². The van der Waals surface area contributed by atoms with Gasteiger partial charge in [0.05, 0.1) is 4.92 Å². The molecule has 7 heteroatoms. The first-order chi connectivity index (χ1) is 8.97. The van der Waals surface area contributed by atoms with Crippen LogP contribution < -0.4 is 10.5 Å². The molecule has 1 aromatic rings. The third-order valence-electron chi connectivity index (χ3n) is 3.41. The van der Waals surface area contributed by atoms with E-state index in [-0.39, 0.29) is 23.5 Å². The maximum Gasteiger partial charge on any atom is 0.372 e. The number of anilines is 1. The van der Waals surface area contributed by atoms with Crippen LogP contribution in [-0.4, -0.2) is 21.0 Å². The van der Waals surface area contributed by atoms with Gasteiger partial charge in [-0.2, -0.15) is 4.98 Å². The molecule has 1 saturated carbocycles. The van der Waals surface area contributed by atoms with Gasteiger partial charge in [0.2, 0.25) is 5.82 Å². The molecule has 1 heterocycles. The summed E-state index contributed by atoms with van der Waals surface area (Å²) in [4.78, 5) is 17.9. The van der Waals surface area contributed by atoms with Crippen LogP contribution in [0.4, 0.5) is 11.5 Å². The van der Waals surface area contributed by atoms with E-state index in [0.29, 0.717) is 11.8 Å². The Morgan fingerprint density at radius 1 is 1.32 bits per heavy atom. The Bertz CT molecular complexity index is 470. The first-order valence-corrected chi connectivity index (χ1v) is 6.39. The largest absolute Gasteiger partial charge is 0.469 e. The minimum absolute atomic E-state index is 0.0243. The summed E-state index contributed by atoms with van der Waals surface area (Å²) in [5, 5.41) is 11.0. The molecule has 7 nitrogen and oxygen atoms in total. The van der Waals surface area contributed by atoms with Crippen molar-refractivity contribution in [3.05, 3.63) is 16.4 Å². The van der Waals surface area contributed by atoms with Crippen LogP contribution in [0.25, 0.3) is 0 Å². The number of nitro groups is 1. The fourth-order valence-corrected chi connectivity index (χ4v) is 2.76. The van der Waals surface area contributed by atoms with E-state index < -0.39 is 4.92 Å². The van der Waals surface area contributed by atoms with Crippen molar-refractivity contribution < 1.29 is 9.66 Å². The van der Waals surface area contributed by atoms with Gasteiger partial charge in [-0.25, -0.2) is 4.98 Å². The number of nitrogens with zero attached hydrogens (tertiary/aromatic N) is 3. The van der Waals surface area contributed by atoms with E-state index in [4.69, 9.17) is 10.5 Å². The molecule has 19 heavy (non-hydrogen) atoms. The SMILES string of the molecule is CC1CC(C)CC(Oc2ncnc(N)c2[N+](=O)[O-])C1. The van der Waals surface area contributed by atoms with Gasteiger partial charge in [-0.1, -0.05) is 13.8 Å². The number of hydrogen-bond donors (Lipinski definition) is 1. The van der Waals surface area contributed by atoms with Crippen LogP contribution in [0.1, 0.15) is 33.1 Å². The van der Waals surface area contributed by atoms with Crippen molar-refractivity contribution in [2.75, 3.05) is 5.73 Å². The van der Waals surface area contributed by atoms with Crippen molar-refractivity contribution in [1.82, 2.24) is 9.97 Å². The molecule has 0 radical (unpaired) electrons. The lowest BCUT2D eigenvalue weighted by Gasteiger charge is -2.31. The molecule has 0 bridgehead atoms. The second kappa shape index (κ2) is 5.38. The van der Waals surface area contributed by atoms with Crippen molar-refractivity contribution >= 4 is 11.5 Å². The molecule has 2 N–H and O–H groups in total. The lowest BCUT2D eigenvalue weighted by molar-refractivity contribution is -0.385. The molecule has 0 amide bonds. The van der Waals surface area contributed by atoms with E-state index in [1.54, 1.807) is 0 Å². The maximum absolute atomic E-state index is 11.0. The van der Waals surface area contributed by atoms with E-state index in [1.807, 2.05) is 0 Å². The van der Waals surface area contributed by atoms with Crippen LogP contribution >= 0.6 is 0 Å². The molecule has 0 aromatic carbocycles. The summed E-state index contributed by atoms with van der Waals surface area (Å²) in [6.07, 6.45) is 4.06. The van der Waals surface area contributed by atoms with Crippen LogP contribution in [0.15, 0.2) is 6.33 Å². The highest BCUT2D eigenvalue weighted by atomic mass is 16.6. The first kappa shape index (κ1) is 13.5. The molecule has 1 fully saturated rings. The molecule has 2 unspecified atom stereocenters. The maximum atomic E-state index is 11.0. The lowest BCUT2D eigenvalue weighted by atomic mass is 9.82. The molecule has 2 rings (SSSR count). The average Bonchev–Trinajstić information content (AvgIpc) is 2.26. The van der Waals surface area contributed by atoms with Crippen LogP contribution in [0.2, 0.25) is 0 Å². The van der Waals surface area contributed by atoms with Gasteiger partial charge in [-0.05, 0) is 31.1 Å². The quantitative estimate of drug-likeness (QED) is 0.664. The van der Waals surface area contributed by atoms with Gasteiger partial charge in [-0.3, -0.25) is 10.1 Å². The van der Waals surface area contributed by atoms with Crippen LogP contribution in [0.5, 0.6) is 5.88 Å². The summed E-state index contributed by atoms with van der Waals surface area (Å²) in [6.45, 7) is 4.32. The van der Waals surface area contributed by atoms with Crippen molar-refractivity contribution in [3.63, 3.8) is 0 Å². The zero-order valence-electron chi connectivity index (χ0n) is 11.1. The molecule has 1 aliphatic carbocycles. The minimum Gasteiger partial charge on any atom is -0.469 e. The van der Waals surface area contributed by atoms with E-state index in [1.165, 1.54) is 6.33 Å². The zero-order valence-corrected chi connectivity index (χ0v) is 11.1. The molecule has 1 aromatic heterocycles. The zero-order chi connectivity index (χ0) is 14.0. The normalized spacial score (nSPS) is 26.9. The van der Waals surface area contributed by atoms with Crippen molar-refractivity contribution in [3.8, 4) is 5.88 Å². The van der Waals surface area contributed by atoms with Gasteiger partial charge < -0.3 is 10.5 Å². The Morgan fingerprint density at radius 3 is 2.53 bits per heavy atom. The smallest absolute Gasteiger partial charge is 0.372 e. The summed E-state index contributed by atoms with van der Waals surface area (Å²) in [5.74, 6) is 0.912. The molecular weight excluding hydrogens is 248 g/mol. The predicted molar refractivity (Wildman–Crippen MR) is 69.7 cm³/mol. The van der Waals surface area contributed by atoms with Crippen molar-refractivity contribution in [1.29, 1.82) is 0 Å². The lowest BCUT2D eigenvalue weighted by Crippen LogP contribution is -2.29. The Balaban J connectivity index is 2.19. The van der Waals surface area contributed by atoms with Gasteiger partial charge in [0.1, 0.15) is 12.4 Å². The Labute approximate surface area is 111 Å². The van der Waals surface area contributed by atoms with Gasteiger partial charge in [0, 0.05) is 0 Å². The standard InChI is InChI=1S/C12H18N4O3/c1-7-3-8(2)5-9(4-7)19-12-10(16(17)18)11(13)14-6-15-12/h6-9H,3-5H2,1-2H3,(H2,13,14,15). The fourth-order valence-electron chi connectivity index (χ4n) is 2.76. The molecule has 1 aliphatic rings. The topological polar surface area (TPSA) is 104 Å². The minimum atomic E-state index is -0.597. The Hall–Kier alpha value is -1.92. The second-order valence-corrected chi connectivity index (χ2v) is 5.33. The highest BCUT2D eigenvalue weighted by Gasteiger charge is 2.29. The molecule has 104 valence electrons. The third-order valence-corrected chi connectivity index (χ3v) is 3.41. The molecule has 2 atom stereocenters. The second-order valence-electron chi connectivity index (χ2n) is 5.33. The first-order valence-electron chi connectivity index (χ1n) is 6.39. The summed E-state index contributed by atoms with van der Waals surface area (Å²) < 4.78 is 5.70. The van der Waals surface area contributed by atoms with E-state index in [9.17, 15) is 10.1 Å². The highest BCUT2D eigenvalue weighted by Crippen LogP contribution is 2.34. The monoisotopic (exact) mass is 266 g/mol. The van der Waals surface area contributed by atoms with E-state index >= 15 is 0 Å². The van der Waals surface area contributed by atoms with E-state index in [0.717, 1.165) is 19.3 Å². The molecule has 0 saturated heterocycles. The molecular formula is C12H18N4O3. The number of rotatable bonds is 3. The van der Waals surface area contributed by atoms with Gasteiger partial charge in [0.15, 0.2) is 0 Å². The number of nitrogen functional groups attached to an aromatic ring is 1. The Morgan fingerprint density at radius 2 is 1.95 bits per heavy atom. The van der Waals surface area contributed by atoms with Gasteiger partial charge in [-0.15, -0.1) is 0 Å². The summed E-state index contributed by atoms with van der Waals surface area (Å²) in [6, 6.07) is 0. The third kappa shape index (κ3) is 3.10. The van der Waals surface area contributed by atoms with Crippen LogP contribution in [0, 0.1) is 22.0 Å².